The van der Waals surface area contributed by atoms with E-state index >= 15 is 0 Å². The Morgan fingerprint density at radius 1 is 0.857 bits per heavy atom. The first-order valence-electron chi connectivity index (χ1n) is 10.2. The van der Waals surface area contributed by atoms with Crippen molar-refractivity contribution in [3.05, 3.63) is 47.1 Å². The number of hydrogen-bond acceptors (Lipinski definition) is 2. The number of ketones is 1. The Hall–Kier alpha value is -1.69. The molecule has 0 atom stereocenters. The van der Waals surface area contributed by atoms with E-state index in [1.54, 1.807) is 0 Å². The fourth-order valence-corrected chi connectivity index (χ4v) is 4.60. The zero-order chi connectivity index (χ0) is 20.3. The molecule has 1 aromatic carbocycles. The predicted molar refractivity (Wildman–Crippen MR) is 100 cm³/mol. The summed E-state index contributed by atoms with van der Waals surface area (Å²) in [6.45, 7) is 4.03. The van der Waals surface area contributed by atoms with Crippen LogP contribution in [0.15, 0.2) is 18.2 Å². The van der Waals surface area contributed by atoms with E-state index in [-0.39, 0.29) is 12.1 Å². The maximum absolute atomic E-state index is 14.0. The quantitative estimate of drug-likeness (QED) is 0.194. The fourth-order valence-electron chi connectivity index (χ4n) is 4.60. The molecule has 0 spiro atoms. The first kappa shape index (κ1) is 21.0. The van der Waals surface area contributed by atoms with Gasteiger partial charge in [0, 0.05) is 24.2 Å². The summed E-state index contributed by atoms with van der Waals surface area (Å²) in [5.41, 5.74) is -0.714. The van der Waals surface area contributed by atoms with Crippen molar-refractivity contribution in [3.63, 3.8) is 0 Å². The van der Waals surface area contributed by atoms with E-state index in [4.69, 9.17) is 0 Å². The highest BCUT2D eigenvalue weighted by atomic mass is 19.2. The Labute approximate surface area is 163 Å². The van der Waals surface area contributed by atoms with Gasteiger partial charge in [-0.25, -0.2) is 17.6 Å². The van der Waals surface area contributed by atoms with Crippen molar-refractivity contribution in [1.29, 1.82) is 0 Å². The van der Waals surface area contributed by atoms with Crippen LogP contribution in [0.1, 0.15) is 74.6 Å². The zero-order valence-corrected chi connectivity index (χ0v) is 16.1. The van der Waals surface area contributed by atoms with Crippen LogP contribution in [0.5, 0.6) is 0 Å². The van der Waals surface area contributed by atoms with Gasteiger partial charge in [0.1, 0.15) is 0 Å². The highest BCUT2D eigenvalue weighted by molar-refractivity contribution is 6.08. The monoisotopic (exact) mass is 397 g/mol. The largest absolute Gasteiger partial charge is 0.293 e. The van der Waals surface area contributed by atoms with E-state index in [1.807, 2.05) is 0 Å². The molecule has 0 unspecified atom stereocenters. The third-order valence-corrected chi connectivity index (χ3v) is 6.13. The molecule has 154 valence electrons. The summed E-state index contributed by atoms with van der Waals surface area (Å²) in [5, 5.41) is 0. The first-order valence-corrected chi connectivity index (χ1v) is 10.2. The topological polar surface area (TPSA) is 20.3 Å². The first-order chi connectivity index (χ1) is 13.4. The Balaban J connectivity index is 1.80. The number of halogens is 4. The summed E-state index contributed by atoms with van der Waals surface area (Å²) in [6.07, 6.45) is 11.1. The van der Waals surface area contributed by atoms with Crippen molar-refractivity contribution in [2.75, 3.05) is 6.54 Å². The van der Waals surface area contributed by atoms with E-state index in [2.05, 4.69) is 11.5 Å². The average Bonchev–Trinajstić information content (AvgIpc) is 2.73. The molecule has 2 saturated carbocycles. The number of hydrogen-bond donors (Lipinski definition) is 0. The third-order valence-electron chi connectivity index (χ3n) is 6.13. The number of Topliss-reactive ketones (excluding diaryl/α,β-unsaturated/α-hetero) is 1. The third kappa shape index (κ3) is 4.48. The number of rotatable bonds is 6. The van der Waals surface area contributed by atoms with Crippen LogP contribution in [0.2, 0.25) is 0 Å². The fraction of sp³-hybridized carbons (Fsp3) is 0.591. The molecule has 6 heteroatoms. The van der Waals surface area contributed by atoms with Gasteiger partial charge in [0.25, 0.3) is 0 Å². The molecule has 0 radical (unpaired) electrons. The Morgan fingerprint density at radius 2 is 1.36 bits per heavy atom. The molecule has 2 aliphatic carbocycles. The summed E-state index contributed by atoms with van der Waals surface area (Å²) in [6, 6.07) is 1.10. The van der Waals surface area contributed by atoms with Gasteiger partial charge in [0.2, 0.25) is 0 Å². The molecule has 2 aliphatic rings. The summed E-state index contributed by atoms with van der Waals surface area (Å²) in [4.78, 5) is 15.0. The van der Waals surface area contributed by atoms with Crippen LogP contribution in [0, 0.1) is 23.3 Å². The number of carbonyl (C=O) groups excluding carboxylic acids is 1. The smallest absolute Gasteiger partial charge is 0.198 e. The van der Waals surface area contributed by atoms with E-state index in [0.29, 0.717) is 18.2 Å². The molecule has 0 aliphatic heterocycles. The SMILES string of the molecule is C=C(CN(C1CCCCC1)C1CCCCC1)C(=O)c1cc(F)c(F)c(F)c1F. The van der Waals surface area contributed by atoms with Crippen molar-refractivity contribution < 1.29 is 22.4 Å². The van der Waals surface area contributed by atoms with Gasteiger partial charge in [-0.3, -0.25) is 9.69 Å². The van der Waals surface area contributed by atoms with Crippen LogP contribution < -0.4 is 0 Å². The van der Waals surface area contributed by atoms with Crippen LogP contribution in [0.3, 0.4) is 0 Å². The van der Waals surface area contributed by atoms with E-state index in [0.717, 1.165) is 51.4 Å². The van der Waals surface area contributed by atoms with E-state index in [9.17, 15) is 22.4 Å². The van der Waals surface area contributed by atoms with Crippen molar-refractivity contribution in [2.45, 2.75) is 76.3 Å². The van der Waals surface area contributed by atoms with Crippen LogP contribution in [0.4, 0.5) is 17.6 Å². The minimum absolute atomic E-state index is 0.0838. The normalized spacial score (nSPS) is 19.2. The second-order valence-corrected chi connectivity index (χ2v) is 8.04. The standard InChI is InChI=1S/C22H27F4NO/c1-14(22(28)17-12-18(23)20(25)21(26)19(17)24)13-27(15-8-4-2-5-9-15)16-10-6-3-7-11-16/h12,15-16H,1-11,13H2. The molecule has 2 fully saturated rings. The molecule has 0 amide bonds. The molecule has 0 aromatic heterocycles. The van der Waals surface area contributed by atoms with Crippen molar-refractivity contribution in [3.8, 4) is 0 Å². The minimum Gasteiger partial charge on any atom is -0.293 e. The number of carbonyl (C=O) groups is 1. The summed E-state index contributed by atoms with van der Waals surface area (Å²) in [5.74, 6) is -7.98. The van der Waals surface area contributed by atoms with Gasteiger partial charge in [0.15, 0.2) is 29.1 Å². The zero-order valence-electron chi connectivity index (χ0n) is 16.1. The summed E-state index contributed by atoms with van der Waals surface area (Å²) in [7, 11) is 0. The lowest BCUT2D eigenvalue weighted by atomic mass is 9.88. The second-order valence-electron chi connectivity index (χ2n) is 8.04. The Morgan fingerprint density at radius 3 is 1.86 bits per heavy atom. The van der Waals surface area contributed by atoms with Gasteiger partial charge < -0.3 is 0 Å². The van der Waals surface area contributed by atoms with Crippen LogP contribution in [-0.4, -0.2) is 29.3 Å². The number of nitrogens with zero attached hydrogens (tertiary/aromatic N) is 1. The Bertz CT molecular complexity index is 719. The Kier molecular flexibility index (Phi) is 6.91. The lowest BCUT2D eigenvalue weighted by Crippen LogP contribution is -2.46. The number of benzene rings is 1. The van der Waals surface area contributed by atoms with Gasteiger partial charge in [-0.2, -0.15) is 0 Å². The van der Waals surface area contributed by atoms with E-state index in [1.165, 1.54) is 12.8 Å². The van der Waals surface area contributed by atoms with Gasteiger partial charge >= 0.3 is 0 Å². The van der Waals surface area contributed by atoms with Gasteiger partial charge in [0.05, 0.1) is 5.56 Å². The molecule has 0 saturated heterocycles. The van der Waals surface area contributed by atoms with Crippen LogP contribution >= 0.6 is 0 Å². The van der Waals surface area contributed by atoms with Gasteiger partial charge in [-0.15, -0.1) is 0 Å². The summed E-state index contributed by atoms with van der Waals surface area (Å²) >= 11 is 0. The molecule has 0 bridgehead atoms. The maximum atomic E-state index is 14.0. The molecule has 0 N–H and O–H groups in total. The molecule has 28 heavy (non-hydrogen) atoms. The van der Waals surface area contributed by atoms with Crippen LogP contribution in [0.25, 0.3) is 0 Å². The maximum Gasteiger partial charge on any atom is 0.198 e. The minimum atomic E-state index is -1.97. The second kappa shape index (κ2) is 9.21. The van der Waals surface area contributed by atoms with Gasteiger partial charge in [-0.1, -0.05) is 45.1 Å². The lowest BCUT2D eigenvalue weighted by Gasteiger charge is -2.42. The van der Waals surface area contributed by atoms with Crippen LogP contribution in [-0.2, 0) is 0 Å². The highest BCUT2D eigenvalue weighted by Crippen LogP contribution is 2.31. The van der Waals surface area contributed by atoms with E-state index < -0.39 is 34.6 Å². The molecular weight excluding hydrogens is 370 g/mol. The lowest BCUT2D eigenvalue weighted by molar-refractivity contribution is 0.0844. The summed E-state index contributed by atoms with van der Waals surface area (Å²) < 4.78 is 54.3. The highest BCUT2D eigenvalue weighted by Gasteiger charge is 2.31. The molecule has 3 rings (SSSR count). The average molecular weight is 397 g/mol. The van der Waals surface area contributed by atoms with Crippen molar-refractivity contribution in [1.82, 2.24) is 4.90 Å². The van der Waals surface area contributed by atoms with Gasteiger partial charge in [-0.05, 0) is 31.7 Å². The van der Waals surface area contributed by atoms with Crippen molar-refractivity contribution in [2.24, 2.45) is 0 Å². The molecule has 0 heterocycles. The molecular formula is C22H27F4NO. The molecule has 1 aromatic rings. The van der Waals surface area contributed by atoms with Crippen molar-refractivity contribution >= 4 is 5.78 Å². The molecule has 2 nitrogen and oxygen atoms in total. The predicted octanol–water partition coefficient (Wildman–Crippen LogP) is 5.95.